The third-order valence-electron chi connectivity index (χ3n) is 2.16. The summed E-state index contributed by atoms with van der Waals surface area (Å²) < 4.78 is 0. The predicted octanol–water partition coefficient (Wildman–Crippen LogP) is 0.989. The number of aliphatic hydroxyl groups excluding tert-OH is 1. The van der Waals surface area contributed by atoms with Gasteiger partial charge in [-0.3, -0.25) is 0 Å². The molecule has 0 amide bonds. The van der Waals surface area contributed by atoms with Gasteiger partial charge in [0.05, 0.1) is 6.61 Å². The molecular formula is C11H17NO2. The smallest absolute Gasteiger partial charge is 0.121 e. The van der Waals surface area contributed by atoms with Crippen molar-refractivity contribution in [3.05, 3.63) is 29.3 Å². The van der Waals surface area contributed by atoms with E-state index in [2.05, 4.69) is 4.90 Å². The molecule has 1 rings (SSSR count). The van der Waals surface area contributed by atoms with Crippen molar-refractivity contribution in [1.82, 2.24) is 4.90 Å². The molecule has 1 aromatic rings. The zero-order chi connectivity index (χ0) is 10.6. The molecular weight excluding hydrogens is 178 g/mol. The van der Waals surface area contributed by atoms with Gasteiger partial charge in [-0.15, -0.1) is 0 Å². The van der Waals surface area contributed by atoms with E-state index in [4.69, 9.17) is 5.11 Å². The number of likely N-dealkylation sites (N-methyl/N-ethyl adjacent to an activating group) is 1. The van der Waals surface area contributed by atoms with Crippen LogP contribution in [0.2, 0.25) is 0 Å². The standard InChI is InChI=1S/C11H17NO2/c1-12(2)6-5-9-3-4-11(14)10(7-9)8-13/h3-4,7,13-14H,5-6,8H2,1-2H3. The Balaban J connectivity index is 2.69. The first kappa shape index (κ1) is 11.0. The molecule has 0 spiro atoms. The summed E-state index contributed by atoms with van der Waals surface area (Å²) in [7, 11) is 4.04. The van der Waals surface area contributed by atoms with E-state index in [1.54, 1.807) is 6.07 Å². The summed E-state index contributed by atoms with van der Waals surface area (Å²) in [6, 6.07) is 5.37. The van der Waals surface area contributed by atoms with Gasteiger partial charge < -0.3 is 15.1 Å². The van der Waals surface area contributed by atoms with Crippen LogP contribution in [0.4, 0.5) is 0 Å². The second kappa shape index (κ2) is 4.98. The zero-order valence-electron chi connectivity index (χ0n) is 8.70. The third kappa shape index (κ3) is 3.01. The van der Waals surface area contributed by atoms with Crippen LogP contribution in [0.25, 0.3) is 0 Å². The monoisotopic (exact) mass is 195 g/mol. The maximum atomic E-state index is 9.34. The Labute approximate surface area is 84.6 Å². The minimum absolute atomic E-state index is 0.109. The zero-order valence-corrected chi connectivity index (χ0v) is 8.70. The van der Waals surface area contributed by atoms with Crippen molar-refractivity contribution < 1.29 is 10.2 Å². The highest BCUT2D eigenvalue weighted by Crippen LogP contribution is 2.18. The summed E-state index contributed by atoms with van der Waals surface area (Å²) in [4.78, 5) is 2.10. The van der Waals surface area contributed by atoms with Crippen molar-refractivity contribution >= 4 is 0 Å². The minimum Gasteiger partial charge on any atom is -0.508 e. The van der Waals surface area contributed by atoms with Gasteiger partial charge in [-0.05, 0) is 38.2 Å². The molecule has 14 heavy (non-hydrogen) atoms. The van der Waals surface area contributed by atoms with Gasteiger partial charge in [0.15, 0.2) is 0 Å². The Hall–Kier alpha value is -1.06. The summed E-state index contributed by atoms with van der Waals surface area (Å²) in [5, 5.41) is 18.3. The molecule has 1 aromatic carbocycles. The van der Waals surface area contributed by atoms with Crippen LogP contribution >= 0.6 is 0 Å². The number of aliphatic hydroxyl groups is 1. The fourth-order valence-corrected chi connectivity index (χ4v) is 1.27. The number of hydrogen-bond donors (Lipinski definition) is 2. The van der Waals surface area contributed by atoms with E-state index in [9.17, 15) is 5.11 Å². The van der Waals surface area contributed by atoms with Gasteiger partial charge in [0.1, 0.15) is 5.75 Å². The minimum atomic E-state index is -0.109. The number of rotatable bonds is 4. The lowest BCUT2D eigenvalue weighted by molar-refractivity contribution is 0.275. The SMILES string of the molecule is CN(C)CCc1ccc(O)c(CO)c1. The quantitative estimate of drug-likeness (QED) is 0.753. The first-order valence-electron chi connectivity index (χ1n) is 4.70. The van der Waals surface area contributed by atoms with Gasteiger partial charge in [-0.2, -0.15) is 0 Å². The van der Waals surface area contributed by atoms with Crippen molar-refractivity contribution in [3.63, 3.8) is 0 Å². The van der Waals surface area contributed by atoms with Crippen LogP contribution in [0.5, 0.6) is 5.75 Å². The highest BCUT2D eigenvalue weighted by atomic mass is 16.3. The summed E-state index contributed by atoms with van der Waals surface area (Å²) in [6.07, 6.45) is 0.931. The van der Waals surface area contributed by atoms with Crippen LogP contribution < -0.4 is 0 Å². The summed E-state index contributed by atoms with van der Waals surface area (Å²) in [5.41, 5.74) is 1.74. The van der Waals surface area contributed by atoms with Crippen molar-refractivity contribution in [2.45, 2.75) is 13.0 Å². The van der Waals surface area contributed by atoms with Crippen LogP contribution in [0.15, 0.2) is 18.2 Å². The first-order chi connectivity index (χ1) is 6.63. The lowest BCUT2D eigenvalue weighted by Crippen LogP contribution is -2.15. The number of aromatic hydroxyl groups is 1. The predicted molar refractivity (Wildman–Crippen MR) is 56.3 cm³/mol. The van der Waals surface area contributed by atoms with Crippen LogP contribution in [0.3, 0.4) is 0 Å². The topological polar surface area (TPSA) is 43.7 Å². The van der Waals surface area contributed by atoms with E-state index in [1.807, 2.05) is 26.2 Å². The summed E-state index contributed by atoms with van der Waals surface area (Å²) >= 11 is 0. The Bertz CT molecular complexity index is 297. The Morgan fingerprint density at radius 2 is 2.00 bits per heavy atom. The molecule has 0 unspecified atom stereocenters. The van der Waals surface area contributed by atoms with Crippen molar-refractivity contribution in [2.75, 3.05) is 20.6 Å². The molecule has 0 saturated carbocycles. The van der Waals surface area contributed by atoms with Crippen molar-refractivity contribution in [1.29, 1.82) is 0 Å². The molecule has 0 heterocycles. The second-order valence-electron chi connectivity index (χ2n) is 3.67. The maximum Gasteiger partial charge on any atom is 0.121 e. The van der Waals surface area contributed by atoms with Crippen LogP contribution in [-0.4, -0.2) is 35.8 Å². The van der Waals surface area contributed by atoms with E-state index < -0.39 is 0 Å². The van der Waals surface area contributed by atoms with Crippen LogP contribution in [-0.2, 0) is 13.0 Å². The molecule has 3 nitrogen and oxygen atoms in total. The number of nitrogens with zero attached hydrogens (tertiary/aromatic N) is 1. The Morgan fingerprint density at radius 1 is 1.29 bits per heavy atom. The second-order valence-corrected chi connectivity index (χ2v) is 3.67. The van der Waals surface area contributed by atoms with E-state index in [0.29, 0.717) is 5.56 Å². The van der Waals surface area contributed by atoms with Gasteiger partial charge in [-0.25, -0.2) is 0 Å². The van der Waals surface area contributed by atoms with E-state index in [0.717, 1.165) is 18.5 Å². The fourth-order valence-electron chi connectivity index (χ4n) is 1.27. The van der Waals surface area contributed by atoms with Crippen molar-refractivity contribution in [3.8, 4) is 5.75 Å². The van der Waals surface area contributed by atoms with Crippen LogP contribution in [0, 0.1) is 0 Å². The Kier molecular flexibility index (Phi) is 3.92. The lowest BCUT2D eigenvalue weighted by atomic mass is 10.1. The highest BCUT2D eigenvalue weighted by Gasteiger charge is 2.01. The summed E-state index contributed by atoms with van der Waals surface area (Å²) in [6.45, 7) is 0.858. The van der Waals surface area contributed by atoms with Gasteiger partial charge in [0.25, 0.3) is 0 Å². The Morgan fingerprint density at radius 3 is 2.57 bits per heavy atom. The van der Waals surface area contributed by atoms with Crippen molar-refractivity contribution in [2.24, 2.45) is 0 Å². The van der Waals surface area contributed by atoms with E-state index in [1.165, 1.54) is 0 Å². The molecule has 2 N–H and O–H groups in total. The third-order valence-corrected chi connectivity index (χ3v) is 2.16. The molecule has 78 valence electrons. The van der Waals surface area contributed by atoms with Crippen LogP contribution in [0.1, 0.15) is 11.1 Å². The van der Waals surface area contributed by atoms with Gasteiger partial charge >= 0.3 is 0 Å². The average molecular weight is 195 g/mol. The number of hydrogen-bond acceptors (Lipinski definition) is 3. The summed E-state index contributed by atoms with van der Waals surface area (Å²) in [5.74, 6) is 0.168. The number of phenols is 1. The van der Waals surface area contributed by atoms with Gasteiger partial charge in [0, 0.05) is 12.1 Å². The molecule has 0 atom stereocenters. The lowest BCUT2D eigenvalue weighted by Gasteiger charge is -2.10. The van der Waals surface area contributed by atoms with E-state index >= 15 is 0 Å². The molecule has 0 aliphatic carbocycles. The average Bonchev–Trinajstić information content (AvgIpc) is 2.16. The highest BCUT2D eigenvalue weighted by molar-refractivity contribution is 5.35. The van der Waals surface area contributed by atoms with Gasteiger partial charge in [0.2, 0.25) is 0 Å². The molecule has 0 aromatic heterocycles. The maximum absolute atomic E-state index is 9.34. The molecule has 0 radical (unpaired) electrons. The normalized spacial score (nSPS) is 10.9. The molecule has 0 aliphatic rings. The number of benzene rings is 1. The molecule has 0 bridgehead atoms. The van der Waals surface area contributed by atoms with E-state index in [-0.39, 0.29) is 12.4 Å². The fraction of sp³-hybridized carbons (Fsp3) is 0.455. The molecule has 0 fully saturated rings. The largest absolute Gasteiger partial charge is 0.508 e. The first-order valence-corrected chi connectivity index (χ1v) is 4.70. The molecule has 0 saturated heterocycles. The van der Waals surface area contributed by atoms with Gasteiger partial charge in [-0.1, -0.05) is 6.07 Å². The molecule has 0 aliphatic heterocycles. The molecule has 3 heteroatoms.